The predicted octanol–water partition coefficient (Wildman–Crippen LogP) is 2.48. The molecule has 0 saturated carbocycles. The molecule has 1 atom stereocenters. The number of hydrogen-bond acceptors (Lipinski definition) is 7. The maximum Gasteiger partial charge on any atom is 0.240 e. The predicted molar refractivity (Wildman–Crippen MR) is 116 cm³/mol. The number of carbonyl (C=O) groups is 3. The van der Waals surface area contributed by atoms with E-state index in [1.807, 2.05) is 13.8 Å². The number of methoxy groups -OCH3 is 1. The first-order valence-corrected chi connectivity index (χ1v) is 10.7. The number of aryl methyl sites for hydroxylation is 1. The Morgan fingerprint density at radius 2 is 1.94 bits per heavy atom. The third-order valence-electron chi connectivity index (χ3n) is 5.99. The lowest BCUT2D eigenvalue weighted by molar-refractivity contribution is -0.142. The smallest absolute Gasteiger partial charge is 0.240 e. The van der Waals surface area contributed by atoms with Crippen molar-refractivity contribution in [2.24, 2.45) is 5.92 Å². The van der Waals surface area contributed by atoms with Crippen molar-refractivity contribution in [1.82, 2.24) is 20.1 Å². The fraction of sp³-hybridized carbons (Fsp3) is 0.522. The number of ether oxygens (including phenoxy) is 1. The molecule has 2 aromatic rings. The number of amides is 3. The minimum atomic E-state index is -1.25. The van der Waals surface area contributed by atoms with E-state index in [-0.39, 0.29) is 37.1 Å². The van der Waals surface area contributed by atoms with Gasteiger partial charge < -0.3 is 9.64 Å². The Morgan fingerprint density at radius 3 is 2.50 bits per heavy atom. The highest BCUT2D eigenvalue weighted by Crippen LogP contribution is 2.41. The molecule has 0 spiro atoms. The van der Waals surface area contributed by atoms with E-state index in [4.69, 9.17) is 9.37 Å². The normalized spacial score (nSPS) is 18.5. The summed E-state index contributed by atoms with van der Waals surface area (Å²) < 4.78 is 9.94. The summed E-state index contributed by atoms with van der Waals surface area (Å²) in [6, 6.07) is 7.00. The van der Waals surface area contributed by atoms with Crippen LogP contribution in [-0.4, -0.2) is 58.5 Å². The van der Waals surface area contributed by atoms with Crippen LogP contribution in [0.4, 0.5) is 0 Å². The summed E-state index contributed by atoms with van der Waals surface area (Å²) >= 11 is 0. The zero-order chi connectivity index (χ0) is 23.5. The van der Waals surface area contributed by atoms with E-state index in [1.165, 1.54) is 9.80 Å². The Balaban J connectivity index is 1.90. The second kappa shape index (κ2) is 9.50. The van der Waals surface area contributed by atoms with Gasteiger partial charge in [-0.15, -0.1) is 0 Å². The molecule has 0 unspecified atom stereocenters. The van der Waals surface area contributed by atoms with E-state index in [1.54, 1.807) is 45.3 Å². The van der Waals surface area contributed by atoms with Gasteiger partial charge in [-0.25, -0.2) is 4.63 Å². The minimum Gasteiger partial charge on any atom is -0.497 e. The Morgan fingerprint density at radius 1 is 1.25 bits per heavy atom. The second-order valence-corrected chi connectivity index (χ2v) is 8.74. The first kappa shape index (κ1) is 23.4. The summed E-state index contributed by atoms with van der Waals surface area (Å²) in [5.41, 5.74) is 0.529. The van der Waals surface area contributed by atoms with Crippen molar-refractivity contribution < 1.29 is 23.7 Å². The highest BCUT2D eigenvalue weighted by atomic mass is 16.6. The van der Waals surface area contributed by atoms with E-state index >= 15 is 0 Å². The number of hydrogen-bond donors (Lipinski definition) is 0. The summed E-state index contributed by atoms with van der Waals surface area (Å²) in [6.45, 7) is 6.38. The van der Waals surface area contributed by atoms with Gasteiger partial charge in [0.25, 0.3) is 0 Å². The molecule has 0 bridgehead atoms. The van der Waals surface area contributed by atoms with Gasteiger partial charge in [-0.2, -0.15) is 0 Å². The average Bonchev–Trinajstić information content (AvgIpc) is 3.27. The lowest BCUT2D eigenvalue weighted by atomic mass is 9.75. The summed E-state index contributed by atoms with van der Waals surface area (Å²) in [4.78, 5) is 42.5. The van der Waals surface area contributed by atoms with Gasteiger partial charge in [0.05, 0.1) is 19.1 Å². The Hall–Kier alpha value is -3.23. The number of nitrogens with zero attached hydrogens (tertiary/aromatic N) is 4. The van der Waals surface area contributed by atoms with Crippen LogP contribution in [-0.2, 0) is 26.3 Å². The molecule has 9 nitrogen and oxygen atoms in total. The lowest BCUT2D eigenvalue weighted by Crippen LogP contribution is -2.43. The fourth-order valence-corrected chi connectivity index (χ4v) is 3.89. The Bertz CT molecular complexity index is 985. The number of imide groups is 1. The highest BCUT2D eigenvalue weighted by molar-refractivity contribution is 6.10. The van der Waals surface area contributed by atoms with Crippen LogP contribution in [0.2, 0.25) is 0 Å². The van der Waals surface area contributed by atoms with Crippen LogP contribution < -0.4 is 4.74 Å². The van der Waals surface area contributed by atoms with E-state index in [9.17, 15) is 14.4 Å². The van der Waals surface area contributed by atoms with E-state index < -0.39 is 5.41 Å². The van der Waals surface area contributed by atoms with Crippen LogP contribution in [0.3, 0.4) is 0 Å². The third kappa shape index (κ3) is 4.66. The lowest BCUT2D eigenvalue weighted by Gasteiger charge is -2.29. The third-order valence-corrected chi connectivity index (χ3v) is 5.99. The molecule has 172 valence electrons. The molecule has 1 aliphatic rings. The highest BCUT2D eigenvalue weighted by Gasteiger charge is 2.53. The summed E-state index contributed by atoms with van der Waals surface area (Å²) in [6.07, 6.45) is 0.547. The van der Waals surface area contributed by atoms with Gasteiger partial charge in [-0.05, 0) is 37.0 Å². The molecule has 1 aliphatic heterocycles. The first-order chi connectivity index (χ1) is 15.2. The molecule has 1 fully saturated rings. The van der Waals surface area contributed by atoms with Crippen molar-refractivity contribution >= 4 is 17.7 Å². The van der Waals surface area contributed by atoms with Gasteiger partial charge in [0.1, 0.15) is 17.1 Å². The molecule has 3 rings (SSSR count). The SMILES string of the molecule is COc1ccc([C@@]2(CC(=O)N(C)Cc3nonc3C)CC(=O)N(CCC(C)C)C2=O)cc1. The van der Waals surface area contributed by atoms with Gasteiger partial charge in [-0.1, -0.05) is 36.3 Å². The van der Waals surface area contributed by atoms with Crippen molar-refractivity contribution in [3.05, 3.63) is 41.2 Å². The van der Waals surface area contributed by atoms with Crippen molar-refractivity contribution in [2.75, 3.05) is 20.7 Å². The number of benzene rings is 1. The van der Waals surface area contributed by atoms with Gasteiger partial charge >= 0.3 is 0 Å². The van der Waals surface area contributed by atoms with Crippen molar-refractivity contribution in [1.29, 1.82) is 0 Å². The summed E-state index contributed by atoms with van der Waals surface area (Å²) in [5.74, 6) is 0.136. The largest absolute Gasteiger partial charge is 0.497 e. The van der Waals surface area contributed by atoms with Gasteiger partial charge in [0, 0.05) is 26.4 Å². The van der Waals surface area contributed by atoms with Crippen LogP contribution in [0.1, 0.15) is 50.1 Å². The van der Waals surface area contributed by atoms with Gasteiger partial charge in [0.15, 0.2) is 0 Å². The molecular formula is C23H30N4O5. The maximum atomic E-state index is 13.6. The number of aromatic nitrogens is 2. The molecule has 2 heterocycles. The zero-order valence-corrected chi connectivity index (χ0v) is 19.3. The van der Waals surface area contributed by atoms with Crippen LogP contribution in [0.25, 0.3) is 0 Å². The van der Waals surface area contributed by atoms with Gasteiger partial charge in [-0.3, -0.25) is 19.3 Å². The van der Waals surface area contributed by atoms with E-state index in [2.05, 4.69) is 10.3 Å². The maximum absolute atomic E-state index is 13.6. The van der Waals surface area contributed by atoms with E-state index in [0.29, 0.717) is 41.6 Å². The van der Waals surface area contributed by atoms with Crippen molar-refractivity contribution in [2.45, 2.75) is 52.0 Å². The fourth-order valence-electron chi connectivity index (χ4n) is 3.89. The number of carbonyl (C=O) groups excluding carboxylic acids is 3. The second-order valence-electron chi connectivity index (χ2n) is 8.74. The van der Waals surface area contributed by atoms with Crippen LogP contribution in [0, 0.1) is 12.8 Å². The topological polar surface area (TPSA) is 106 Å². The Labute approximate surface area is 187 Å². The molecule has 32 heavy (non-hydrogen) atoms. The molecule has 0 aliphatic carbocycles. The van der Waals surface area contributed by atoms with Crippen LogP contribution in [0.5, 0.6) is 5.75 Å². The molecule has 0 radical (unpaired) electrons. The summed E-state index contributed by atoms with van der Waals surface area (Å²) in [7, 11) is 3.19. The molecule has 1 saturated heterocycles. The first-order valence-electron chi connectivity index (χ1n) is 10.7. The molecular weight excluding hydrogens is 412 g/mol. The molecule has 3 amide bonds. The monoisotopic (exact) mass is 442 g/mol. The number of rotatable bonds is 9. The van der Waals surface area contributed by atoms with Crippen LogP contribution >= 0.6 is 0 Å². The zero-order valence-electron chi connectivity index (χ0n) is 19.3. The van der Waals surface area contributed by atoms with Crippen molar-refractivity contribution in [3.63, 3.8) is 0 Å². The van der Waals surface area contributed by atoms with E-state index in [0.717, 1.165) is 0 Å². The Kier molecular flexibility index (Phi) is 6.96. The standard InChI is InChI=1S/C23H30N4O5/c1-15(2)10-11-27-21(29)13-23(22(27)30,17-6-8-18(31-5)9-7-17)12-20(28)26(4)14-19-16(3)24-32-25-19/h6-9,15H,10-14H2,1-5H3/t23-/m1/s1. The quantitative estimate of drug-likeness (QED) is 0.549. The van der Waals surface area contributed by atoms with Crippen molar-refractivity contribution in [3.8, 4) is 5.75 Å². The summed E-state index contributed by atoms with van der Waals surface area (Å²) in [5, 5.41) is 7.56. The minimum absolute atomic E-state index is 0.0413. The van der Waals surface area contributed by atoms with Gasteiger partial charge in [0.2, 0.25) is 17.7 Å². The molecule has 9 heteroatoms. The molecule has 1 aromatic carbocycles. The van der Waals surface area contributed by atoms with Crippen LogP contribution in [0.15, 0.2) is 28.9 Å². The average molecular weight is 443 g/mol. The molecule has 1 aromatic heterocycles. The molecule has 0 N–H and O–H groups in total. The number of likely N-dealkylation sites (tertiary alicyclic amines) is 1.